The van der Waals surface area contributed by atoms with Gasteiger partial charge in [-0.05, 0) is 30.2 Å². The van der Waals surface area contributed by atoms with Gasteiger partial charge in [0.1, 0.15) is 6.10 Å². The van der Waals surface area contributed by atoms with Crippen molar-refractivity contribution in [2.75, 3.05) is 0 Å². The molecule has 0 fully saturated rings. The first-order valence-corrected chi connectivity index (χ1v) is 5.24. The van der Waals surface area contributed by atoms with Gasteiger partial charge in [-0.1, -0.05) is 6.07 Å². The highest BCUT2D eigenvalue weighted by molar-refractivity contribution is 5.87. The van der Waals surface area contributed by atoms with Gasteiger partial charge in [-0.25, -0.2) is 4.79 Å². The molecule has 0 saturated carbocycles. The molecule has 0 spiro atoms. The summed E-state index contributed by atoms with van der Waals surface area (Å²) in [4.78, 5) is 21.1. The Kier molecular flexibility index (Phi) is 4.41. The largest absolute Gasteiger partial charge is 0.481 e. The van der Waals surface area contributed by atoms with Crippen LogP contribution in [0.15, 0.2) is 18.2 Å². The molecule has 0 aliphatic heterocycles. The molecule has 0 aliphatic carbocycles. The van der Waals surface area contributed by atoms with Gasteiger partial charge in [-0.2, -0.15) is 0 Å². The van der Waals surface area contributed by atoms with Gasteiger partial charge in [-0.3, -0.25) is 4.79 Å². The number of carboxylic acid groups (broad SMARTS) is 2. The van der Waals surface area contributed by atoms with Crippen molar-refractivity contribution in [2.24, 2.45) is 0 Å². The van der Waals surface area contributed by atoms with E-state index in [0.717, 1.165) is 0 Å². The van der Waals surface area contributed by atoms with Gasteiger partial charge in [0.25, 0.3) is 0 Å². The number of aliphatic carboxylic acids is 1. The molecule has 2 atom stereocenters. The number of benzene rings is 1. The van der Waals surface area contributed by atoms with Crippen molar-refractivity contribution in [1.29, 1.82) is 0 Å². The summed E-state index contributed by atoms with van der Waals surface area (Å²) >= 11 is 0. The van der Waals surface area contributed by atoms with E-state index in [9.17, 15) is 19.8 Å². The van der Waals surface area contributed by atoms with Crippen LogP contribution in [0.5, 0.6) is 0 Å². The highest BCUT2D eigenvalue weighted by Gasteiger charge is 2.22. The molecule has 1 aromatic carbocycles. The summed E-state index contributed by atoms with van der Waals surface area (Å²) in [6, 6.07) is 4.02. The van der Waals surface area contributed by atoms with Crippen molar-refractivity contribution >= 4 is 11.9 Å². The van der Waals surface area contributed by atoms with Crippen LogP contribution in [0.2, 0.25) is 0 Å². The third-order valence-corrected chi connectivity index (χ3v) is 2.58. The molecule has 0 amide bonds. The van der Waals surface area contributed by atoms with Crippen LogP contribution in [0.4, 0.5) is 0 Å². The van der Waals surface area contributed by atoms with Gasteiger partial charge in [0.2, 0.25) is 0 Å². The molecule has 1 aromatic rings. The van der Waals surface area contributed by atoms with Gasteiger partial charge in [-0.15, -0.1) is 0 Å². The van der Waals surface area contributed by atoms with E-state index in [1.54, 1.807) is 6.92 Å². The van der Waals surface area contributed by atoms with Gasteiger partial charge in [0, 0.05) is 0 Å². The molecule has 6 nitrogen and oxygen atoms in total. The number of aliphatic hydroxyl groups is 2. The molecule has 0 bridgehead atoms. The van der Waals surface area contributed by atoms with Crippen molar-refractivity contribution < 1.29 is 30.0 Å². The second-order valence-electron chi connectivity index (χ2n) is 3.99. The maximum Gasteiger partial charge on any atom is 0.335 e. The Bertz CT molecular complexity index is 468. The molecule has 6 heteroatoms. The highest BCUT2D eigenvalue weighted by atomic mass is 16.4. The van der Waals surface area contributed by atoms with Crippen molar-refractivity contribution in [1.82, 2.24) is 0 Å². The molecule has 0 aromatic heterocycles. The summed E-state index contributed by atoms with van der Waals surface area (Å²) in [6.45, 7) is 1.58. The Morgan fingerprint density at radius 2 is 1.83 bits per heavy atom. The monoisotopic (exact) mass is 254 g/mol. The molecule has 0 heterocycles. The number of aryl methyl sites for hydroxylation is 1. The fourth-order valence-corrected chi connectivity index (χ4v) is 1.64. The first-order chi connectivity index (χ1) is 8.32. The van der Waals surface area contributed by atoms with E-state index in [1.165, 1.54) is 18.2 Å². The van der Waals surface area contributed by atoms with Gasteiger partial charge < -0.3 is 20.4 Å². The summed E-state index contributed by atoms with van der Waals surface area (Å²) in [5.41, 5.74) is 0.858. The molecular formula is C12H14O6. The van der Waals surface area contributed by atoms with E-state index in [0.29, 0.717) is 11.1 Å². The normalized spacial score (nSPS) is 13.9. The molecule has 2 unspecified atom stereocenters. The minimum absolute atomic E-state index is 0.0659. The second kappa shape index (κ2) is 5.61. The molecule has 0 saturated heterocycles. The summed E-state index contributed by atoms with van der Waals surface area (Å²) in [6.07, 6.45) is -3.37. The quantitative estimate of drug-likeness (QED) is 0.610. The molecule has 1 rings (SSSR count). The molecule has 0 radical (unpaired) electrons. The van der Waals surface area contributed by atoms with E-state index < -0.39 is 30.6 Å². The summed E-state index contributed by atoms with van der Waals surface area (Å²) in [7, 11) is 0. The Morgan fingerprint density at radius 3 is 2.28 bits per heavy atom. The Morgan fingerprint density at radius 1 is 1.22 bits per heavy atom. The maximum absolute atomic E-state index is 10.7. The van der Waals surface area contributed by atoms with E-state index in [1.807, 2.05) is 0 Å². The van der Waals surface area contributed by atoms with Crippen LogP contribution in [0.3, 0.4) is 0 Å². The zero-order valence-corrected chi connectivity index (χ0v) is 9.70. The van der Waals surface area contributed by atoms with Gasteiger partial charge in [0.05, 0.1) is 18.1 Å². The van der Waals surface area contributed by atoms with Crippen LogP contribution >= 0.6 is 0 Å². The number of rotatable bonds is 5. The fraction of sp³-hybridized carbons (Fsp3) is 0.333. The number of aromatic carboxylic acids is 1. The first-order valence-electron chi connectivity index (χ1n) is 5.24. The average molecular weight is 254 g/mol. The Balaban J connectivity index is 2.96. The summed E-state index contributed by atoms with van der Waals surface area (Å²) in [5.74, 6) is -2.31. The number of aliphatic hydroxyl groups excluding tert-OH is 2. The molecule has 18 heavy (non-hydrogen) atoms. The molecule has 4 N–H and O–H groups in total. The van der Waals surface area contributed by atoms with Crippen LogP contribution in [0.25, 0.3) is 0 Å². The zero-order valence-electron chi connectivity index (χ0n) is 9.70. The van der Waals surface area contributed by atoms with Crippen molar-refractivity contribution in [3.8, 4) is 0 Å². The maximum atomic E-state index is 10.7. The zero-order chi connectivity index (χ0) is 13.9. The van der Waals surface area contributed by atoms with Crippen molar-refractivity contribution in [3.63, 3.8) is 0 Å². The SMILES string of the molecule is Cc1cc(C(=O)O)ccc1C(O)C(O)CC(=O)O. The lowest BCUT2D eigenvalue weighted by Gasteiger charge is -2.18. The van der Waals surface area contributed by atoms with E-state index in [-0.39, 0.29) is 5.56 Å². The number of carboxylic acids is 2. The first kappa shape index (κ1) is 14.1. The predicted molar refractivity (Wildman–Crippen MR) is 61.4 cm³/mol. The predicted octanol–water partition coefficient (Wildman–Crippen LogP) is 0.562. The molecule has 0 aliphatic rings. The minimum atomic E-state index is -1.43. The third-order valence-electron chi connectivity index (χ3n) is 2.58. The topological polar surface area (TPSA) is 115 Å². The lowest BCUT2D eigenvalue weighted by molar-refractivity contribution is -0.141. The van der Waals surface area contributed by atoms with Crippen LogP contribution in [0, 0.1) is 6.92 Å². The lowest BCUT2D eigenvalue weighted by Crippen LogP contribution is -2.22. The van der Waals surface area contributed by atoms with Crippen molar-refractivity contribution in [2.45, 2.75) is 25.6 Å². The lowest BCUT2D eigenvalue weighted by atomic mass is 9.96. The average Bonchev–Trinajstić information content (AvgIpc) is 2.26. The third kappa shape index (κ3) is 3.28. The Labute approximate surface area is 103 Å². The summed E-state index contributed by atoms with van der Waals surface area (Å²) in [5, 5.41) is 36.6. The second-order valence-corrected chi connectivity index (χ2v) is 3.99. The van der Waals surface area contributed by atoms with Gasteiger partial charge >= 0.3 is 11.9 Å². The van der Waals surface area contributed by atoms with Crippen LogP contribution in [-0.2, 0) is 4.79 Å². The molecular weight excluding hydrogens is 240 g/mol. The highest BCUT2D eigenvalue weighted by Crippen LogP contribution is 2.23. The fourth-order valence-electron chi connectivity index (χ4n) is 1.64. The van der Waals surface area contributed by atoms with Crippen LogP contribution in [0.1, 0.15) is 34.0 Å². The molecule has 98 valence electrons. The van der Waals surface area contributed by atoms with Gasteiger partial charge in [0.15, 0.2) is 0 Å². The Hall–Kier alpha value is -1.92. The summed E-state index contributed by atoms with van der Waals surface area (Å²) < 4.78 is 0. The minimum Gasteiger partial charge on any atom is -0.481 e. The smallest absolute Gasteiger partial charge is 0.335 e. The number of hydrogen-bond acceptors (Lipinski definition) is 4. The van der Waals surface area contributed by atoms with Crippen molar-refractivity contribution in [3.05, 3.63) is 34.9 Å². The standard InChI is InChI=1S/C12H14O6/c1-6-4-7(12(17)18)2-3-8(6)11(16)9(13)5-10(14)15/h2-4,9,11,13,16H,5H2,1H3,(H,14,15)(H,17,18). The van der Waals surface area contributed by atoms with E-state index >= 15 is 0 Å². The number of carbonyl (C=O) groups is 2. The van der Waals surface area contributed by atoms with E-state index in [2.05, 4.69) is 0 Å². The van der Waals surface area contributed by atoms with Crippen LogP contribution in [-0.4, -0.2) is 38.5 Å². The number of hydrogen-bond donors (Lipinski definition) is 4. The van der Waals surface area contributed by atoms with E-state index in [4.69, 9.17) is 10.2 Å². The van der Waals surface area contributed by atoms with Crippen LogP contribution < -0.4 is 0 Å².